The standard InChI is InChI=1S/C19H15Cl2F3N2O3/c1-11-8-14(6-7-15(11)21)29-10-17(27)26-18(28,19(22,23)24)9-16(25-26)12-2-4-13(20)5-3-12/h2-8,28H,9-10H2,1H3/t18-/m1/s1. The van der Waals surface area contributed by atoms with Crippen LogP contribution in [0.15, 0.2) is 47.6 Å². The van der Waals surface area contributed by atoms with E-state index < -0.39 is 30.8 Å². The highest BCUT2D eigenvalue weighted by molar-refractivity contribution is 6.31. The molecular formula is C19H15Cl2F3N2O3. The molecule has 154 valence electrons. The van der Waals surface area contributed by atoms with Gasteiger partial charge < -0.3 is 9.84 Å². The predicted molar refractivity (Wildman–Crippen MR) is 102 cm³/mol. The van der Waals surface area contributed by atoms with Crippen LogP contribution in [0.25, 0.3) is 0 Å². The first-order chi connectivity index (χ1) is 13.5. The van der Waals surface area contributed by atoms with E-state index in [1.54, 1.807) is 6.92 Å². The van der Waals surface area contributed by atoms with Gasteiger partial charge in [0.05, 0.1) is 12.1 Å². The molecular weight excluding hydrogens is 432 g/mol. The average Bonchev–Trinajstić information content (AvgIpc) is 3.02. The third-order valence-corrected chi connectivity index (χ3v) is 5.02. The molecule has 0 radical (unpaired) electrons. The number of rotatable bonds is 4. The quantitative estimate of drug-likeness (QED) is 0.747. The summed E-state index contributed by atoms with van der Waals surface area (Å²) < 4.78 is 46.0. The lowest BCUT2D eigenvalue weighted by Gasteiger charge is -2.32. The topological polar surface area (TPSA) is 62.1 Å². The van der Waals surface area contributed by atoms with Gasteiger partial charge in [0.1, 0.15) is 5.75 Å². The Balaban J connectivity index is 1.84. The summed E-state index contributed by atoms with van der Waals surface area (Å²) >= 11 is 11.7. The number of aliphatic hydroxyl groups is 1. The fourth-order valence-electron chi connectivity index (χ4n) is 2.74. The molecule has 1 atom stereocenters. The third kappa shape index (κ3) is 4.34. The van der Waals surface area contributed by atoms with Gasteiger partial charge in [-0.2, -0.15) is 23.3 Å². The maximum Gasteiger partial charge on any atom is 0.438 e. The minimum absolute atomic E-state index is 0.0275. The molecule has 1 heterocycles. The maximum absolute atomic E-state index is 13.6. The molecule has 0 aromatic heterocycles. The van der Waals surface area contributed by atoms with Crippen molar-refractivity contribution in [2.75, 3.05) is 6.61 Å². The van der Waals surface area contributed by atoms with Gasteiger partial charge in [-0.15, -0.1) is 0 Å². The van der Waals surface area contributed by atoms with Crippen molar-refractivity contribution in [2.24, 2.45) is 5.10 Å². The van der Waals surface area contributed by atoms with Crippen LogP contribution in [-0.4, -0.2) is 40.2 Å². The Morgan fingerprint density at radius 1 is 1.24 bits per heavy atom. The van der Waals surface area contributed by atoms with Crippen LogP contribution < -0.4 is 4.74 Å². The SMILES string of the molecule is Cc1cc(OCC(=O)N2N=C(c3ccc(Cl)cc3)C[C@@]2(O)C(F)(F)F)ccc1Cl. The first-order valence-corrected chi connectivity index (χ1v) is 9.11. The van der Waals surface area contributed by atoms with Crippen LogP contribution >= 0.6 is 23.2 Å². The summed E-state index contributed by atoms with van der Waals surface area (Å²) in [7, 11) is 0. The Bertz CT molecular complexity index is 964. The summed E-state index contributed by atoms with van der Waals surface area (Å²) in [4.78, 5) is 12.5. The number of carbonyl (C=O) groups excluding carboxylic acids is 1. The van der Waals surface area contributed by atoms with Crippen molar-refractivity contribution in [1.29, 1.82) is 0 Å². The Hall–Kier alpha value is -2.29. The van der Waals surface area contributed by atoms with Gasteiger partial charge in [0, 0.05) is 10.0 Å². The molecule has 0 saturated carbocycles. The van der Waals surface area contributed by atoms with Crippen LogP contribution in [-0.2, 0) is 4.79 Å². The first-order valence-electron chi connectivity index (χ1n) is 8.36. The number of amides is 1. The van der Waals surface area contributed by atoms with E-state index in [1.165, 1.54) is 42.5 Å². The van der Waals surface area contributed by atoms with E-state index >= 15 is 0 Å². The maximum atomic E-state index is 13.6. The number of nitrogens with zero attached hydrogens (tertiary/aromatic N) is 2. The molecule has 29 heavy (non-hydrogen) atoms. The van der Waals surface area contributed by atoms with Gasteiger partial charge in [0.15, 0.2) is 6.61 Å². The minimum atomic E-state index is -5.13. The van der Waals surface area contributed by atoms with Crippen LogP contribution in [0, 0.1) is 6.92 Å². The van der Waals surface area contributed by atoms with Gasteiger partial charge >= 0.3 is 6.18 Å². The highest BCUT2D eigenvalue weighted by Crippen LogP contribution is 2.41. The zero-order valence-corrected chi connectivity index (χ0v) is 16.5. The second-order valence-electron chi connectivity index (χ2n) is 6.45. The van der Waals surface area contributed by atoms with Crippen LogP contribution in [0.4, 0.5) is 13.2 Å². The largest absolute Gasteiger partial charge is 0.484 e. The minimum Gasteiger partial charge on any atom is -0.484 e. The number of aryl methyl sites for hydroxylation is 1. The summed E-state index contributed by atoms with van der Waals surface area (Å²) in [6.07, 6.45) is -6.04. The van der Waals surface area contributed by atoms with Crippen LogP contribution in [0.1, 0.15) is 17.5 Å². The number of hydrogen-bond donors (Lipinski definition) is 1. The fourth-order valence-corrected chi connectivity index (χ4v) is 2.99. The smallest absolute Gasteiger partial charge is 0.438 e. The average molecular weight is 447 g/mol. The number of carbonyl (C=O) groups is 1. The molecule has 0 spiro atoms. The van der Waals surface area contributed by atoms with Gasteiger partial charge in [-0.05, 0) is 48.4 Å². The second-order valence-corrected chi connectivity index (χ2v) is 7.29. The Morgan fingerprint density at radius 2 is 1.90 bits per heavy atom. The van der Waals surface area contributed by atoms with Gasteiger partial charge in [-0.1, -0.05) is 35.3 Å². The fraction of sp³-hybridized carbons (Fsp3) is 0.263. The Kier molecular flexibility index (Phi) is 5.80. The lowest BCUT2D eigenvalue weighted by atomic mass is 10.0. The Morgan fingerprint density at radius 3 is 2.48 bits per heavy atom. The normalized spacial score (nSPS) is 19.3. The summed E-state index contributed by atoms with van der Waals surface area (Å²) in [6.45, 7) is 0.958. The van der Waals surface area contributed by atoms with Crippen molar-refractivity contribution in [3.8, 4) is 5.75 Å². The zero-order valence-electron chi connectivity index (χ0n) is 15.0. The molecule has 1 N–H and O–H groups in total. The monoisotopic (exact) mass is 446 g/mol. The summed E-state index contributed by atoms with van der Waals surface area (Å²) in [5.74, 6) is -0.904. The molecule has 1 aliphatic heterocycles. The van der Waals surface area contributed by atoms with E-state index in [0.717, 1.165) is 0 Å². The summed E-state index contributed by atoms with van der Waals surface area (Å²) in [5.41, 5.74) is -2.59. The van der Waals surface area contributed by atoms with Crippen molar-refractivity contribution >= 4 is 34.8 Å². The van der Waals surface area contributed by atoms with E-state index in [4.69, 9.17) is 27.9 Å². The molecule has 1 amide bonds. The molecule has 2 aromatic carbocycles. The number of halogens is 5. The van der Waals surface area contributed by atoms with Gasteiger partial charge in [-0.3, -0.25) is 4.79 Å². The van der Waals surface area contributed by atoms with Crippen LogP contribution in [0.5, 0.6) is 5.75 Å². The van der Waals surface area contributed by atoms with Gasteiger partial charge in [-0.25, -0.2) is 0 Å². The van der Waals surface area contributed by atoms with Crippen molar-refractivity contribution in [3.05, 3.63) is 63.6 Å². The summed E-state index contributed by atoms with van der Waals surface area (Å²) in [6, 6.07) is 10.4. The van der Waals surface area contributed by atoms with Crippen molar-refractivity contribution in [1.82, 2.24) is 5.01 Å². The molecule has 1 aliphatic rings. The summed E-state index contributed by atoms with van der Waals surface area (Å²) in [5, 5.41) is 14.9. The van der Waals surface area contributed by atoms with E-state index in [1.807, 2.05) is 0 Å². The van der Waals surface area contributed by atoms with E-state index in [9.17, 15) is 23.1 Å². The molecule has 0 bridgehead atoms. The lowest BCUT2D eigenvalue weighted by molar-refractivity contribution is -0.302. The molecule has 5 nitrogen and oxygen atoms in total. The predicted octanol–water partition coefficient (Wildman–Crippen LogP) is 4.57. The lowest BCUT2D eigenvalue weighted by Crippen LogP contribution is -2.57. The Labute approximate surface area is 174 Å². The third-order valence-electron chi connectivity index (χ3n) is 4.34. The number of hydrazone groups is 1. The zero-order chi connectivity index (χ0) is 21.4. The van der Waals surface area contributed by atoms with E-state index in [-0.39, 0.29) is 16.5 Å². The molecule has 3 rings (SSSR count). The molecule has 0 unspecified atom stereocenters. The second kappa shape index (κ2) is 7.85. The molecule has 10 heteroatoms. The van der Waals surface area contributed by atoms with Crippen molar-refractivity contribution in [2.45, 2.75) is 25.2 Å². The molecule has 0 aliphatic carbocycles. The van der Waals surface area contributed by atoms with Gasteiger partial charge in [0.25, 0.3) is 11.6 Å². The van der Waals surface area contributed by atoms with Crippen molar-refractivity contribution in [3.63, 3.8) is 0 Å². The van der Waals surface area contributed by atoms with Crippen LogP contribution in [0.3, 0.4) is 0 Å². The molecule has 0 fully saturated rings. The van der Waals surface area contributed by atoms with Crippen molar-refractivity contribution < 1.29 is 27.8 Å². The number of benzene rings is 2. The van der Waals surface area contributed by atoms with E-state index in [2.05, 4.69) is 5.10 Å². The first kappa shape index (κ1) is 21.4. The number of alkyl halides is 3. The highest BCUT2D eigenvalue weighted by atomic mass is 35.5. The van der Waals surface area contributed by atoms with Gasteiger partial charge in [0.2, 0.25) is 0 Å². The van der Waals surface area contributed by atoms with Crippen LogP contribution in [0.2, 0.25) is 10.0 Å². The number of hydrogen-bond acceptors (Lipinski definition) is 4. The van der Waals surface area contributed by atoms with E-state index in [0.29, 0.717) is 21.2 Å². The highest BCUT2D eigenvalue weighted by Gasteiger charge is 2.63. The molecule has 2 aromatic rings. The molecule has 0 saturated heterocycles. The number of ether oxygens (including phenoxy) is 1.